The minimum Gasteiger partial charge on any atom is -0.385 e. The van der Waals surface area contributed by atoms with E-state index in [4.69, 9.17) is 4.74 Å². The van der Waals surface area contributed by atoms with E-state index in [2.05, 4.69) is 43.1 Å². The van der Waals surface area contributed by atoms with E-state index in [9.17, 15) is 0 Å². The van der Waals surface area contributed by atoms with Gasteiger partial charge in [-0.2, -0.15) is 0 Å². The highest BCUT2D eigenvalue weighted by molar-refractivity contribution is 4.70. The summed E-state index contributed by atoms with van der Waals surface area (Å²) < 4.78 is 5.04. The van der Waals surface area contributed by atoms with Gasteiger partial charge in [0.2, 0.25) is 0 Å². The van der Waals surface area contributed by atoms with Gasteiger partial charge in [0, 0.05) is 39.4 Å². The molecule has 4 heteroatoms. The smallest absolute Gasteiger partial charge is 0.0474 e. The van der Waals surface area contributed by atoms with Crippen molar-refractivity contribution < 1.29 is 4.74 Å². The Morgan fingerprint density at radius 3 is 2.44 bits per heavy atom. The molecule has 0 bridgehead atoms. The van der Waals surface area contributed by atoms with Crippen LogP contribution in [0.1, 0.15) is 26.7 Å². The van der Waals surface area contributed by atoms with Gasteiger partial charge < -0.3 is 15.0 Å². The Balaban J connectivity index is 3.79. The molecule has 0 fully saturated rings. The summed E-state index contributed by atoms with van der Waals surface area (Å²) in [5.74, 6) is 0. The summed E-state index contributed by atoms with van der Waals surface area (Å²) in [7, 11) is 6.03. The van der Waals surface area contributed by atoms with Crippen LogP contribution in [0.4, 0.5) is 0 Å². The van der Waals surface area contributed by atoms with Crippen molar-refractivity contribution in [2.24, 2.45) is 0 Å². The number of methoxy groups -OCH3 is 1. The van der Waals surface area contributed by atoms with Crippen LogP contribution in [0.2, 0.25) is 0 Å². The van der Waals surface area contributed by atoms with Crippen LogP contribution >= 0.6 is 0 Å². The first kappa shape index (κ1) is 17.8. The van der Waals surface area contributed by atoms with Gasteiger partial charge in [-0.25, -0.2) is 0 Å². The molecule has 1 N–H and O–H groups in total. The average molecular weight is 259 g/mol. The van der Waals surface area contributed by atoms with Gasteiger partial charge in [-0.1, -0.05) is 6.92 Å². The molecule has 0 spiro atoms. The SMILES string of the molecule is CCCN(CCN(C)C)C(C)CNCCCOC. The molecular formula is C14H33N3O. The van der Waals surface area contributed by atoms with E-state index in [0.717, 1.165) is 39.2 Å². The minimum absolute atomic E-state index is 0.604. The highest BCUT2D eigenvalue weighted by Crippen LogP contribution is 2.00. The topological polar surface area (TPSA) is 27.7 Å². The summed E-state index contributed by atoms with van der Waals surface area (Å²) in [6.07, 6.45) is 2.32. The molecule has 4 nitrogen and oxygen atoms in total. The highest BCUT2D eigenvalue weighted by Gasteiger charge is 2.12. The number of hydrogen-bond donors (Lipinski definition) is 1. The molecule has 110 valence electrons. The molecule has 1 unspecified atom stereocenters. The van der Waals surface area contributed by atoms with Crippen molar-refractivity contribution in [3.8, 4) is 0 Å². The van der Waals surface area contributed by atoms with Crippen molar-refractivity contribution in [2.45, 2.75) is 32.7 Å². The summed E-state index contributed by atoms with van der Waals surface area (Å²) in [6, 6.07) is 0.604. The summed E-state index contributed by atoms with van der Waals surface area (Å²) in [6.45, 7) is 11.0. The number of nitrogens with zero attached hydrogens (tertiary/aromatic N) is 2. The van der Waals surface area contributed by atoms with E-state index in [1.807, 2.05) is 0 Å². The summed E-state index contributed by atoms with van der Waals surface area (Å²) in [4.78, 5) is 4.82. The molecule has 0 saturated heterocycles. The average Bonchev–Trinajstić information content (AvgIpc) is 2.33. The molecule has 0 rings (SSSR count). The lowest BCUT2D eigenvalue weighted by Crippen LogP contribution is -2.44. The summed E-state index contributed by atoms with van der Waals surface area (Å²) >= 11 is 0. The first-order valence-corrected chi connectivity index (χ1v) is 7.20. The third kappa shape index (κ3) is 9.83. The fraction of sp³-hybridized carbons (Fsp3) is 1.00. The van der Waals surface area contributed by atoms with Crippen LogP contribution in [-0.2, 0) is 4.74 Å². The van der Waals surface area contributed by atoms with Crippen LogP contribution in [0, 0.1) is 0 Å². The lowest BCUT2D eigenvalue weighted by molar-refractivity contribution is 0.178. The second-order valence-electron chi connectivity index (χ2n) is 5.24. The lowest BCUT2D eigenvalue weighted by atomic mass is 10.2. The molecule has 1 atom stereocenters. The van der Waals surface area contributed by atoms with E-state index in [1.165, 1.54) is 13.0 Å². The van der Waals surface area contributed by atoms with Gasteiger partial charge in [-0.05, 0) is 47.0 Å². The zero-order chi connectivity index (χ0) is 13.8. The quantitative estimate of drug-likeness (QED) is 0.534. The largest absolute Gasteiger partial charge is 0.385 e. The van der Waals surface area contributed by atoms with Gasteiger partial charge in [0.05, 0.1) is 0 Å². The number of hydrogen-bond acceptors (Lipinski definition) is 4. The van der Waals surface area contributed by atoms with E-state index in [1.54, 1.807) is 7.11 Å². The Morgan fingerprint density at radius 1 is 1.17 bits per heavy atom. The standard InChI is InChI=1S/C14H33N3O/c1-6-9-17(11-10-16(3)4)14(2)13-15-8-7-12-18-5/h14-15H,6-13H2,1-5H3. The molecule has 18 heavy (non-hydrogen) atoms. The molecule has 0 aromatic carbocycles. The van der Waals surface area contributed by atoms with E-state index >= 15 is 0 Å². The summed E-state index contributed by atoms with van der Waals surface area (Å²) in [5, 5.41) is 3.51. The third-order valence-electron chi connectivity index (χ3n) is 3.11. The van der Waals surface area contributed by atoms with Crippen molar-refractivity contribution in [1.82, 2.24) is 15.1 Å². The van der Waals surface area contributed by atoms with Crippen LogP contribution in [0.3, 0.4) is 0 Å². The molecule has 0 aromatic heterocycles. The molecule has 0 radical (unpaired) electrons. The fourth-order valence-electron chi connectivity index (χ4n) is 1.95. The van der Waals surface area contributed by atoms with E-state index < -0.39 is 0 Å². The highest BCUT2D eigenvalue weighted by atomic mass is 16.5. The van der Waals surface area contributed by atoms with Crippen LogP contribution in [-0.4, -0.2) is 76.4 Å². The predicted octanol–water partition coefficient (Wildman–Crippen LogP) is 1.27. The maximum atomic E-state index is 5.04. The number of ether oxygens (including phenoxy) is 1. The Morgan fingerprint density at radius 2 is 1.89 bits per heavy atom. The maximum absolute atomic E-state index is 5.04. The molecule has 0 aliphatic carbocycles. The van der Waals surface area contributed by atoms with Crippen LogP contribution in [0.5, 0.6) is 0 Å². The molecular weight excluding hydrogens is 226 g/mol. The monoisotopic (exact) mass is 259 g/mol. The molecule has 0 saturated carbocycles. The van der Waals surface area contributed by atoms with Gasteiger partial charge in [0.25, 0.3) is 0 Å². The Kier molecular flexibility index (Phi) is 11.8. The Bertz CT molecular complexity index is 176. The molecule has 0 heterocycles. The first-order chi connectivity index (χ1) is 8.61. The zero-order valence-electron chi connectivity index (χ0n) is 13.0. The normalized spacial score (nSPS) is 13.5. The van der Waals surface area contributed by atoms with Gasteiger partial charge in [-0.15, -0.1) is 0 Å². The first-order valence-electron chi connectivity index (χ1n) is 7.20. The predicted molar refractivity (Wildman–Crippen MR) is 79.2 cm³/mol. The van der Waals surface area contributed by atoms with Crippen molar-refractivity contribution in [3.63, 3.8) is 0 Å². The molecule has 0 amide bonds. The van der Waals surface area contributed by atoms with Crippen LogP contribution < -0.4 is 5.32 Å². The van der Waals surface area contributed by atoms with Crippen LogP contribution in [0.25, 0.3) is 0 Å². The third-order valence-corrected chi connectivity index (χ3v) is 3.11. The van der Waals surface area contributed by atoms with Gasteiger partial charge in [0.15, 0.2) is 0 Å². The van der Waals surface area contributed by atoms with Crippen molar-refractivity contribution in [3.05, 3.63) is 0 Å². The van der Waals surface area contributed by atoms with Gasteiger partial charge >= 0.3 is 0 Å². The van der Waals surface area contributed by atoms with Crippen molar-refractivity contribution >= 4 is 0 Å². The zero-order valence-corrected chi connectivity index (χ0v) is 13.0. The molecule has 0 aromatic rings. The molecule has 0 aliphatic heterocycles. The van der Waals surface area contributed by atoms with Crippen molar-refractivity contribution in [2.75, 3.05) is 60.5 Å². The van der Waals surface area contributed by atoms with E-state index in [0.29, 0.717) is 6.04 Å². The second kappa shape index (κ2) is 11.9. The molecule has 0 aliphatic rings. The maximum Gasteiger partial charge on any atom is 0.0474 e. The van der Waals surface area contributed by atoms with Gasteiger partial charge in [-0.3, -0.25) is 4.90 Å². The summed E-state index contributed by atoms with van der Waals surface area (Å²) in [5.41, 5.74) is 0. The minimum atomic E-state index is 0.604. The number of likely N-dealkylation sites (N-methyl/N-ethyl adjacent to an activating group) is 1. The Hall–Kier alpha value is -0.160. The lowest BCUT2D eigenvalue weighted by Gasteiger charge is -2.30. The fourth-order valence-corrected chi connectivity index (χ4v) is 1.95. The van der Waals surface area contributed by atoms with Crippen LogP contribution in [0.15, 0.2) is 0 Å². The second-order valence-corrected chi connectivity index (χ2v) is 5.24. The number of rotatable bonds is 12. The van der Waals surface area contributed by atoms with Crippen molar-refractivity contribution in [1.29, 1.82) is 0 Å². The van der Waals surface area contributed by atoms with E-state index in [-0.39, 0.29) is 0 Å². The number of nitrogens with one attached hydrogen (secondary N) is 1. The Labute approximate surface area is 114 Å². The van der Waals surface area contributed by atoms with Gasteiger partial charge in [0.1, 0.15) is 0 Å².